The second kappa shape index (κ2) is 7.48. The van der Waals surface area contributed by atoms with Crippen LogP contribution in [0.5, 0.6) is 0 Å². The van der Waals surface area contributed by atoms with Crippen LogP contribution in [0, 0.1) is 0 Å². The van der Waals surface area contributed by atoms with Crippen molar-refractivity contribution < 1.29 is 14.7 Å². The number of rotatable bonds is 5. The van der Waals surface area contributed by atoms with Gasteiger partial charge in [-0.2, -0.15) is 0 Å². The Bertz CT molecular complexity index is 1180. The van der Waals surface area contributed by atoms with E-state index in [9.17, 15) is 14.7 Å². The van der Waals surface area contributed by atoms with E-state index < -0.39 is 11.9 Å². The normalized spacial score (nSPS) is 20.1. The topological polar surface area (TPSA) is 105 Å². The number of carboxylic acid groups (broad SMARTS) is 1. The summed E-state index contributed by atoms with van der Waals surface area (Å²) in [5, 5.41) is 12.5. The molecule has 30 heavy (non-hydrogen) atoms. The smallest absolute Gasteiger partial charge is 0.335 e. The number of benzene rings is 1. The van der Waals surface area contributed by atoms with Gasteiger partial charge in [-0.1, -0.05) is 43.0 Å². The molecule has 1 heterocycles. The summed E-state index contributed by atoms with van der Waals surface area (Å²) < 4.78 is 0. The summed E-state index contributed by atoms with van der Waals surface area (Å²) in [6.07, 6.45) is 11.9. The molecule has 6 heteroatoms. The second-order valence-corrected chi connectivity index (χ2v) is 7.31. The maximum Gasteiger partial charge on any atom is 0.335 e. The van der Waals surface area contributed by atoms with Crippen LogP contribution in [0.4, 0.5) is 5.69 Å². The number of fused-ring (bicyclic) bond motifs is 3. The number of carbonyl (C=O) groups is 2. The highest BCUT2D eigenvalue weighted by atomic mass is 16.4. The minimum atomic E-state index is -1.00. The van der Waals surface area contributed by atoms with Crippen molar-refractivity contribution in [2.75, 3.05) is 12.4 Å². The number of carboxylic acids is 1. The van der Waals surface area contributed by atoms with Gasteiger partial charge in [0, 0.05) is 18.7 Å². The molecule has 6 nitrogen and oxygen atoms in total. The van der Waals surface area contributed by atoms with Gasteiger partial charge in [0.2, 0.25) is 0 Å². The quantitative estimate of drug-likeness (QED) is 0.519. The van der Waals surface area contributed by atoms with Gasteiger partial charge >= 0.3 is 5.97 Å². The molecular formula is C24H21N3O3. The lowest BCUT2D eigenvalue weighted by molar-refractivity contribution is -0.114. The predicted molar refractivity (Wildman–Crippen MR) is 118 cm³/mol. The molecule has 1 aromatic rings. The first-order valence-electron chi connectivity index (χ1n) is 9.50. The number of primary amides is 1. The fourth-order valence-corrected chi connectivity index (χ4v) is 3.73. The molecule has 1 amide bonds. The first-order valence-corrected chi connectivity index (χ1v) is 9.50. The lowest BCUT2D eigenvalue weighted by atomic mass is 9.97. The highest BCUT2D eigenvalue weighted by molar-refractivity contribution is 6.15. The van der Waals surface area contributed by atoms with E-state index >= 15 is 0 Å². The number of nitrogens with one attached hydrogen (secondary N) is 1. The fourth-order valence-electron chi connectivity index (χ4n) is 3.73. The Hall–Kier alpha value is -3.93. The molecule has 0 bridgehead atoms. The van der Waals surface area contributed by atoms with Gasteiger partial charge in [0.05, 0.1) is 22.5 Å². The summed E-state index contributed by atoms with van der Waals surface area (Å²) in [5.41, 5.74) is 12.0. The molecule has 3 aliphatic rings. The predicted octanol–water partition coefficient (Wildman–Crippen LogP) is 3.64. The lowest BCUT2D eigenvalue weighted by Gasteiger charge is -2.20. The molecule has 1 aliphatic heterocycles. The summed E-state index contributed by atoms with van der Waals surface area (Å²) in [6.45, 7) is 3.92. The van der Waals surface area contributed by atoms with E-state index in [-0.39, 0.29) is 11.5 Å². The van der Waals surface area contributed by atoms with Crippen molar-refractivity contribution in [3.63, 3.8) is 0 Å². The number of nitrogens with two attached hydrogens (primary N) is 1. The van der Waals surface area contributed by atoms with E-state index in [2.05, 4.69) is 16.9 Å². The van der Waals surface area contributed by atoms with E-state index in [0.29, 0.717) is 22.7 Å². The van der Waals surface area contributed by atoms with Gasteiger partial charge < -0.3 is 16.2 Å². The van der Waals surface area contributed by atoms with Crippen molar-refractivity contribution in [1.29, 1.82) is 0 Å². The summed E-state index contributed by atoms with van der Waals surface area (Å²) >= 11 is 0. The molecule has 0 saturated heterocycles. The number of nitrogens with zero attached hydrogens (tertiary/aromatic N) is 1. The largest absolute Gasteiger partial charge is 0.478 e. The third kappa shape index (κ3) is 3.55. The zero-order valence-corrected chi connectivity index (χ0v) is 16.5. The number of amides is 1. The highest BCUT2D eigenvalue weighted by Crippen LogP contribution is 2.55. The summed E-state index contributed by atoms with van der Waals surface area (Å²) in [6, 6.07) is 5.02. The van der Waals surface area contributed by atoms with Crippen molar-refractivity contribution in [3.05, 3.63) is 100 Å². The molecule has 4 rings (SSSR count). The molecule has 0 spiro atoms. The maximum atomic E-state index is 12.4. The number of anilines is 1. The van der Waals surface area contributed by atoms with Crippen LogP contribution in [-0.2, 0) is 4.79 Å². The summed E-state index contributed by atoms with van der Waals surface area (Å²) in [5.74, 6) is -1.40. The van der Waals surface area contributed by atoms with Crippen LogP contribution in [0.25, 0.3) is 0 Å². The van der Waals surface area contributed by atoms with E-state index in [1.54, 1.807) is 25.3 Å². The van der Waals surface area contributed by atoms with Gasteiger partial charge in [-0.3, -0.25) is 9.79 Å². The Kier molecular flexibility index (Phi) is 4.83. The number of aromatic carboxylic acids is 1. The van der Waals surface area contributed by atoms with Crippen LogP contribution in [0.1, 0.15) is 28.3 Å². The van der Waals surface area contributed by atoms with Crippen LogP contribution in [0.15, 0.2) is 94.2 Å². The number of aliphatic imine (C=N–C) groups is 1. The van der Waals surface area contributed by atoms with Crippen LogP contribution < -0.4 is 11.1 Å². The fraction of sp³-hybridized carbons (Fsp3) is 0.125. The zero-order chi connectivity index (χ0) is 21.4. The van der Waals surface area contributed by atoms with E-state index in [1.807, 2.05) is 36.4 Å². The third-order valence-corrected chi connectivity index (χ3v) is 5.36. The monoisotopic (exact) mass is 399 g/mol. The molecule has 1 saturated carbocycles. The Balaban J connectivity index is 1.73. The average Bonchev–Trinajstić information content (AvgIpc) is 3.53. The van der Waals surface area contributed by atoms with Gasteiger partial charge in [-0.25, -0.2) is 4.79 Å². The highest BCUT2D eigenvalue weighted by Gasteiger charge is 2.41. The molecule has 1 aromatic carbocycles. The molecule has 1 unspecified atom stereocenters. The first kappa shape index (κ1) is 19.4. The molecule has 4 N–H and O–H groups in total. The van der Waals surface area contributed by atoms with Crippen molar-refractivity contribution in [2.24, 2.45) is 10.7 Å². The van der Waals surface area contributed by atoms with E-state index in [4.69, 9.17) is 5.73 Å². The van der Waals surface area contributed by atoms with Gasteiger partial charge in [-0.05, 0) is 46.9 Å². The zero-order valence-electron chi connectivity index (χ0n) is 16.5. The summed E-state index contributed by atoms with van der Waals surface area (Å²) in [4.78, 5) is 28.1. The molecule has 1 fully saturated rings. The standard InChI is InChI=1S/C24H21N3O3/c1-13-4-3-5-14(7-6-13)20(26-2)12-19(23(25)28)22-18-11-17(18)16-9-8-15(24(29)30)10-21(16)27-22/h3-10,12,17,27H,1,11H2,2H3,(H2,25,28)(H,29,30)/b19-12-,26-20?. The van der Waals surface area contributed by atoms with Gasteiger partial charge in [0.25, 0.3) is 5.91 Å². The SMILES string of the molecule is C=C1C=CC=C(C(/C=C(\C(N)=O)C2=C3CC3c3ccc(C(=O)O)cc3N2)=NC)C=C1. The Morgan fingerprint density at radius 2 is 2.10 bits per heavy atom. The molecule has 150 valence electrons. The minimum absolute atomic E-state index is 0.173. The number of hydrogen-bond donors (Lipinski definition) is 3. The average molecular weight is 399 g/mol. The maximum absolute atomic E-state index is 12.4. The van der Waals surface area contributed by atoms with Crippen LogP contribution in [0.3, 0.4) is 0 Å². The van der Waals surface area contributed by atoms with E-state index in [0.717, 1.165) is 28.7 Å². The van der Waals surface area contributed by atoms with Crippen molar-refractivity contribution in [3.8, 4) is 0 Å². The Morgan fingerprint density at radius 3 is 2.80 bits per heavy atom. The van der Waals surface area contributed by atoms with E-state index in [1.165, 1.54) is 0 Å². The van der Waals surface area contributed by atoms with Crippen LogP contribution in [0.2, 0.25) is 0 Å². The molecule has 0 radical (unpaired) electrons. The Labute approximate surface area is 174 Å². The lowest BCUT2D eigenvalue weighted by Crippen LogP contribution is -2.22. The number of allylic oxidation sites excluding steroid dienone is 9. The second-order valence-electron chi connectivity index (χ2n) is 7.31. The molecule has 1 atom stereocenters. The first-order chi connectivity index (χ1) is 14.4. The van der Waals surface area contributed by atoms with Crippen molar-refractivity contribution >= 4 is 23.3 Å². The van der Waals surface area contributed by atoms with Crippen molar-refractivity contribution in [1.82, 2.24) is 0 Å². The third-order valence-electron chi connectivity index (χ3n) is 5.36. The summed E-state index contributed by atoms with van der Waals surface area (Å²) in [7, 11) is 1.66. The molecular weight excluding hydrogens is 378 g/mol. The Morgan fingerprint density at radius 1 is 1.30 bits per heavy atom. The van der Waals surface area contributed by atoms with Gasteiger partial charge in [0.15, 0.2) is 0 Å². The molecule has 2 aliphatic carbocycles. The van der Waals surface area contributed by atoms with Crippen LogP contribution in [-0.4, -0.2) is 29.7 Å². The minimum Gasteiger partial charge on any atom is -0.478 e. The van der Waals surface area contributed by atoms with Crippen LogP contribution >= 0.6 is 0 Å². The van der Waals surface area contributed by atoms with Gasteiger partial charge in [-0.15, -0.1) is 0 Å². The number of carbonyl (C=O) groups excluding carboxylic acids is 1. The van der Waals surface area contributed by atoms with Crippen molar-refractivity contribution in [2.45, 2.75) is 12.3 Å². The molecule has 0 aromatic heterocycles. The van der Waals surface area contributed by atoms with Gasteiger partial charge in [0.1, 0.15) is 0 Å². The number of hydrogen-bond acceptors (Lipinski definition) is 4.